The van der Waals surface area contributed by atoms with Crippen LogP contribution in [0.1, 0.15) is 20.8 Å². The fraction of sp³-hybridized carbons (Fsp3) is 0.429. The number of carbonyl (C=O) groups is 2. The topological polar surface area (TPSA) is 64.6 Å². The average Bonchev–Trinajstić information content (AvgIpc) is 2.25. The molecule has 0 aliphatic carbocycles. The first-order valence-corrected chi connectivity index (χ1v) is 6.90. The van der Waals surface area contributed by atoms with Gasteiger partial charge in [-0.15, -0.1) is 0 Å². The summed E-state index contributed by atoms with van der Waals surface area (Å²) in [6.45, 7) is 5.10. The SMILES string of the molecule is COC(C(=O)Nc1cc(Cl)cc(Cl)c1)C(=O)OC(C)(C)C. The summed E-state index contributed by atoms with van der Waals surface area (Å²) in [4.78, 5) is 24.0. The van der Waals surface area contributed by atoms with Crippen molar-refractivity contribution in [3.05, 3.63) is 28.2 Å². The van der Waals surface area contributed by atoms with E-state index in [2.05, 4.69) is 5.32 Å². The molecule has 1 N–H and O–H groups in total. The zero-order chi connectivity index (χ0) is 16.2. The van der Waals surface area contributed by atoms with Gasteiger partial charge in [-0.05, 0) is 39.0 Å². The minimum absolute atomic E-state index is 0.364. The maximum absolute atomic E-state index is 12.1. The van der Waals surface area contributed by atoms with E-state index >= 15 is 0 Å². The lowest BCUT2D eigenvalue weighted by molar-refractivity contribution is -0.168. The lowest BCUT2D eigenvalue weighted by Gasteiger charge is -2.22. The van der Waals surface area contributed by atoms with Gasteiger partial charge >= 0.3 is 5.97 Å². The fourth-order valence-corrected chi connectivity index (χ4v) is 2.03. The summed E-state index contributed by atoms with van der Waals surface area (Å²) < 4.78 is 10.0. The first-order valence-electron chi connectivity index (χ1n) is 6.15. The van der Waals surface area contributed by atoms with E-state index in [1.807, 2.05) is 0 Å². The number of benzene rings is 1. The van der Waals surface area contributed by atoms with E-state index in [0.29, 0.717) is 15.7 Å². The number of hydrogen-bond acceptors (Lipinski definition) is 4. The van der Waals surface area contributed by atoms with E-state index in [4.69, 9.17) is 32.7 Å². The van der Waals surface area contributed by atoms with Crippen LogP contribution in [0, 0.1) is 0 Å². The molecule has 0 fully saturated rings. The first kappa shape index (κ1) is 17.8. The van der Waals surface area contributed by atoms with Gasteiger partial charge in [-0.3, -0.25) is 4.79 Å². The van der Waals surface area contributed by atoms with Crippen LogP contribution in [0.4, 0.5) is 5.69 Å². The summed E-state index contributed by atoms with van der Waals surface area (Å²) in [6.07, 6.45) is -1.37. The molecule has 0 aliphatic heterocycles. The van der Waals surface area contributed by atoms with Crippen LogP contribution >= 0.6 is 23.2 Å². The number of anilines is 1. The van der Waals surface area contributed by atoms with Crippen molar-refractivity contribution in [1.29, 1.82) is 0 Å². The number of amides is 1. The molecule has 21 heavy (non-hydrogen) atoms. The van der Waals surface area contributed by atoms with E-state index in [-0.39, 0.29) is 0 Å². The molecule has 1 atom stereocenters. The molecule has 0 spiro atoms. The molecule has 0 radical (unpaired) electrons. The predicted octanol–water partition coefficient (Wildman–Crippen LogP) is 3.29. The molecule has 1 unspecified atom stereocenters. The van der Waals surface area contributed by atoms with E-state index in [1.54, 1.807) is 20.8 Å². The highest BCUT2D eigenvalue weighted by atomic mass is 35.5. The minimum atomic E-state index is -1.37. The molecule has 0 saturated carbocycles. The van der Waals surface area contributed by atoms with Gasteiger partial charge in [-0.1, -0.05) is 23.2 Å². The zero-order valence-electron chi connectivity index (χ0n) is 12.2. The van der Waals surface area contributed by atoms with Crippen LogP contribution in [0.25, 0.3) is 0 Å². The van der Waals surface area contributed by atoms with Gasteiger partial charge < -0.3 is 14.8 Å². The van der Waals surface area contributed by atoms with Gasteiger partial charge in [0.25, 0.3) is 5.91 Å². The number of carbonyl (C=O) groups excluding carboxylic acids is 2. The third kappa shape index (κ3) is 5.91. The fourth-order valence-electron chi connectivity index (χ4n) is 1.50. The number of esters is 1. The van der Waals surface area contributed by atoms with Gasteiger partial charge in [-0.2, -0.15) is 0 Å². The third-order valence-corrected chi connectivity index (χ3v) is 2.66. The van der Waals surface area contributed by atoms with Crippen LogP contribution in [0.3, 0.4) is 0 Å². The second kappa shape index (κ2) is 7.11. The predicted molar refractivity (Wildman–Crippen MR) is 81.7 cm³/mol. The van der Waals surface area contributed by atoms with Gasteiger partial charge in [0.05, 0.1) is 0 Å². The van der Waals surface area contributed by atoms with Gasteiger partial charge in [-0.25, -0.2) is 4.79 Å². The minimum Gasteiger partial charge on any atom is -0.458 e. The summed E-state index contributed by atoms with van der Waals surface area (Å²) in [6, 6.07) is 4.54. The summed E-state index contributed by atoms with van der Waals surface area (Å²) in [5.41, 5.74) is -0.351. The smallest absolute Gasteiger partial charge is 0.345 e. The maximum Gasteiger partial charge on any atom is 0.345 e. The molecule has 1 rings (SSSR count). The third-order valence-electron chi connectivity index (χ3n) is 2.22. The molecule has 1 amide bonds. The van der Waals surface area contributed by atoms with Crippen LogP contribution in [-0.4, -0.2) is 30.7 Å². The monoisotopic (exact) mass is 333 g/mol. The quantitative estimate of drug-likeness (QED) is 0.678. The molecule has 0 saturated heterocycles. The Kier molecular flexibility index (Phi) is 6.01. The first-order chi connectivity index (χ1) is 9.62. The van der Waals surface area contributed by atoms with Crippen molar-refractivity contribution in [2.45, 2.75) is 32.5 Å². The Morgan fingerprint density at radius 2 is 1.67 bits per heavy atom. The number of nitrogens with one attached hydrogen (secondary N) is 1. The van der Waals surface area contributed by atoms with Crippen LogP contribution < -0.4 is 5.32 Å². The Labute approximate surface area is 133 Å². The van der Waals surface area contributed by atoms with E-state index in [9.17, 15) is 9.59 Å². The highest BCUT2D eigenvalue weighted by molar-refractivity contribution is 6.35. The molecule has 116 valence electrons. The molecule has 1 aromatic rings. The average molecular weight is 334 g/mol. The molecule has 7 heteroatoms. The van der Waals surface area contributed by atoms with Crippen molar-refractivity contribution in [2.24, 2.45) is 0 Å². The molecule has 5 nitrogen and oxygen atoms in total. The molecule has 0 bridgehead atoms. The Morgan fingerprint density at radius 1 is 1.14 bits per heavy atom. The molecular formula is C14H17Cl2NO4. The highest BCUT2D eigenvalue weighted by Crippen LogP contribution is 2.22. The second-order valence-corrected chi connectivity index (χ2v) is 6.17. The number of methoxy groups -OCH3 is 1. The second-order valence-electron chi connectivity index (χ2n) is 5.30. The lowest BCUT2D eigenvalue weighted by Crippen LogP contribution is -2.41. The molecule has 0 aromatic heterocycles. The van der Waals surface area contributed by atoms with Crippen molar-refractivity contribution in [1.82, 2.24) is 0 Å². The summed E-state index contributed by atoms with van der Waals surface area (Å²) in [5, 5.41) is 3.24. The molecule has 1 aromatic carbocycles. The van der Waals surface area contributed by atoms with Gasteiger partial charge in [0.15, 0.2) is 0 Å². The largest absolute Gasteiger partial charge is 0.458 e. The van der Waals surface area contributed by atoms with Crippen molar-refractivity contribution in [3.8, 4) is 0 Å². The highest BCUT2D eigenvalue weighted by Gasteiger charge is 2.31. The Bertz CT molecular complexity index is 520. The van der Waals surface area contributed by atoms with Crippen molar-refractivity contribution in [2.75, 3.05) is 12.4 Å². The van der Waals surface area contributed by atoms with Gasteiger partial charge in [0, 0.05) is 22.8 Å². The van der Waals surface area contributed by atoms with Crippen LogP contribution in [0.5, 0.6) is 0 Å². The summed E-state index contributed by atoms with van der Waals surface area (Å²) >= 11 is 11.7. The van der Waals surface area contributed by atoms with Crippen molar-refractivity contribution in [3.63, 3.8) is 0 Å². The van der Waals surface area contributed by atoms with E-state index in [0.717, 1.165) is 0 Å². The number of hydrogen-bond donors (Lipinski definition) is 1. The normalized spacial score (nSPS) is 12.7. The van der Waals surface area contributed by atoms with Crippen molar-refractivity contribution < 1.29 is 19.1 Å². The molecule has 0 heterocycles. The van der Waals surface area contributed by atoms with E-state index < -0.39 is 23.6 Å². The summed E-state index contributed by atoms with van der Waals surface area (Å²) in [5.74, 6) is -1.43. The zero-order valence-corrected chi connectivity index (χ0v) is 13.7. The van der Waals surface area contributed by atoms with Crippen LogP contribution in [0.15, 0.2) is 18.2 Å². The molecule has 0 aliphatic rings. The Hall–Kier alpha value is -1.30. The standard InChI is InChI=1S/C14H17Cl2NO4/c1-14(2,3)21-13(19)11(20-4)12(18)17-10-6-8(15)5-9(16)7-10/h5-7,11H,1-4H3,(H,17,18). The van der Waals surface area contributed by atoms with Crippen LogP contribution in [-0.2, 0) is 19.1 Å². The Morgan fingerprint density at radius 3 is 2.10 bits per heavy atom. The van der Waals surface area contributed by atoms with E-state index in [1.165, 1.54) is 25.3 Å². The number of ether oxygens (including phenoxy) is 2. The van der Waals surface area contributed by atoms with Gasteiger partial charge in [0.2, 0.25) is 6.10 Å². The molecular weight excluding hydrogens is 317 g/mol. The number of rotatable bonds is 4. The van der Waals surface area contributed by atoms with Crippen LogP contribution in [0.2, 0.25) is 10.0 Å². The maximum atomic E-state index is 12.1. The van der Waals surface area contributed by atoms with Crippen molar-refractivity contribution >= 4 is 40.8 Å². The summed E-state index contributed by atoms with van der Waals surface area (Å²) in [7, 11) is 1.25. The van der Waals surface area contributed by atoms with Gasteiger partial charge in [0.1, 0.15) is 5.60 Å². The Balaban J connectivity index is 2.82. The lowest BCUT2D eigenvalue weighted by atomic mass is 10.2. The number of halogens is 2.